The van der Waals surface area contributed by atoms with Gasteiger partial charge in [-0.1, -0.05) is 30.3 Å². The lowest BCUT2D eigenvalue weighted by Gasteiger charge is -2.16. The van der Waals surface area contributed by atoms with Gasteiger partial charge in [0.2, 0.25) is 0 Å². The van der Waals surface area contributed by atoms with Crippen LogP contribution in [0.25, 0.3) is 0 Å². The first-order valence-corrected chi connectivity index (χ1v) is 7.58. The molecule has 0 saturated carbocycles. The number of nitrogens with one attached hydrogen (secondary N) is 1. The van der Waals surface area contributed by atoms with Crippen molar-refractivity contribution < 1.29 is 9.90 Å². The predicted molar refractivity (Wildman–Crippen MR) is 82.0 cm³/mol. The second kappa shape index (κ2) is 7.12. The molecule has 0 bridgehead atoms. The van der Waals surface area contributed by atoms with Crippen molar-refractivity contribution in [2.45, 2.75) is 10.9 Å². The van der Waals surface area contributed by atoms with E-state index in [-0.39, 0.29) is 18.6 Å². The zero-order chi connectivity index (χ0) is 14.4. The van der Waals surface area contributed by atoms with Gasteiger partial charge in [-0.15, -0.1) is 11.8 Å². The summed E-state index contributed by atoms with van der Waals surface area (Å²) in [6.07, 6.45) is 1.99. The Hall–Kier alpha value is -1.78. The molecule has 0 aliphatic rings. The van der Waals surface area contributed by atoms with Crippen LogP contribution in [0, 0.1) is 0 Å². The molecule has 1 amide bonds. The molecule has 2 aromatic rings. The smallest absolute Gasteiger partial charge is 0.251 e. The van der Waals surface area contributed by atoms with Gasteiger partial charge >= 0.3 is 0 Å². The van der Waals surface area contributed by atoms with Gasteiger partial charge in [-0.3, -0.25) is 4.79 Å². The molecular weight excluding hydrogens is 270 g/mol. The molecule has 2 N–H and O–H groups in total. The van der Waals surface area contributed by atoms with Gasteiger partial charge in [0.1, 0.15) is 0 Å². The van der Waals surface area contributed by atoms with Gasteiger partial charge < -0.3 is 10.4 Å². The Kier molecular flexibility index (Phi) is 5.21. The van der Waals surface area contributed by atoms with Crippen molar-refractivity contribution in [1.29, 1.82) is 0 Å². The van der Waals surface area contributed by atoms with Crippen molar-refractivity contribution in [3.63, 3.8) is 0 Å². The van der Waals surface area contributed by atoms with Crippen LogP contribution in [0.3, 0.4) is 0 Å². The van der Waals surface area contributed by atoms with E-state index in [9.17, 15) is 9.90 Å². The standard InChI is InChI=1S/C16H17NO2S/c1-20-14-9-7-13(8-10-14)16(19)17-15(11-18)12-5-3-2-4-6-12/h2-10,15,18H,11H2,1H3,(H,17,19)/t15-/m1/s1. The molecule has 3 nitrogen and oxygen atoms in total. The van der Waals surface area contributed by atoms with Crippen LogP contribution < -0.4 is 5.32 Å². The van der Waals surface area contributed by atoms with Crippen LogP contribution in [-0.2, 0) is 0 Å². The minimum Gasteiger partial charge on any atom is -0.394 e. The van der Waals surface area contributed by atoms with E-state index in [1.165, 1.54) is 0 Å². The van der Waals surface area contributed by atoms with E-state index < -0.39 is 0 Å². The summed E-state index contributed by atoms with van der Waals surface area (Å²) in [5, 5.41) is 12.3. The molecule has 0 aliphatic carbocycles. The van der Waals surface area contributed by atoms with E-state index in [2.05, 4.69) is 5.32 Å². The molecule has 0 spiro atoms. The highest BCUT2D eigenvalue weighted by atomic mass is 32.2. The van der Waals surface area contributed by atoms with Crippen LogP contribution in [0.1, 0.15) is 22.0 Å². The second-order valence-electron chi connectivity index (χ2n) is 4.35. The number of aliphatic hydroxyl groups excluding tert-OH is 1. The summed E-state index contributed by atoms with van der Waals surface area (Å²) in [5.41, 5.74) is 1.49. The maximum atomic E-state index is 12.2. The first-order valence-electron chi connectivity index (χ1n) is 6.35. The third-order valence-electron chi connectivity index (χ3n) is 3.04. The van der Waals surface area contributed by atoms with E-state index in [1.54, 1.807) is 23.9 Å². The summed E-state index contributed by atoms with van der Waals surface area (Å²) in [6.45, 7) is -0.126. The van der Waals surface area contributed by atoms with Crippen LogP contribution in [-0.4, -0.2) is 23.9 Å². The summed E-state index contributed by atoms with van der Waals surface area (Å²) in [5.74, 6) is -0.180. The Morgan fingerprint density at radius 3 is 2.35 bits per heavy atom. The van der Waals surface area contributed by atoms with Crippen LogP contribution >= 0.6 is 11.8 Å². The highest BCUT2D eigenvalue weighted by Gasteiger charge is 2.14. The second-order valence-corrected chi connectivity index (χ2v) is 5.23. The van der Waals surface area contributed by atoms with Crippen molar-refractivity contribution in [3.8, 4) is 0 Å². The zero-order valence-electron chi connectivity index (χ0n) is 11.2. The number of benzene rings is 2. The van der Waals surface area contributed by atoms with Gasteiger partial charge in [0.15, 0.2) is 0 Å². The van der Waals surface area contributed by atoms with Crippen LogP contribution in [0.2, 0.25) is 0 Å². The molecule has 0 saturated heterocycles. The van der Waals surface area contributed by atoms with Crippen LogP contribution in [0.4, 0.5) is 0 Å². The molecule has 104 valence electrons. The predicted octanol–water partition coefficient (Wildman–Crippen LogP) is 2.87. The number of carbonyl (C=O) groups is 1. The molecule has 0 heterocycles. The average molecular weight is 287 g/mol. The van der Waals surface area contributed by atoms with E-state index >= 15 is 0 Å². The summed E-state index contributed by atoms with van der Waals surface area (Å²) >= 11 is 1.63. The number of thioether (sulfide) groups is 1. The monoisotopic (exact) mass is 287 g/mol. The van der Waals surface area contributed by atoms with Crippen molar-refractivity contribution in [3.05, 3.63) is 65.7 Å². The molecule has 0 aliphatic heterocycles. The lowest BCUT2D eigenvalue weighted by Crippen LogP contribution is -2.30. The van der Waals surface area contributed by atoms with Crippen molar-refractivity contribution in [2.24, 2.45) is 0 Å². The molecule has 0 radical (unpaired) electrons. The third kappa shape index (κ3) is 3.62. The Bertz CT molecular complexity index is 554. The van der Waals surface area contributed by atoms with E-state index in [1.807, 2.05) is 48.7 Å². The first-order chi connectivity index (χ1) is 9.74. The quantitative estimate of drug-likeness (QED) is 0.831. The van der Waals surface area contributed by atoms with Crippen molar-refractivity contribution in [1.82, 2.24) is 5.32 Å². The van der Waals surface area contributed by atoms with Crippen LogP contribution in [0.5, 0.6) is 0 Å². The SMILES string of the molecule is CSc1ccc(C(=O)N[C@H](CO)c2ccccc2)cc1. The summed E-state index contributed by atoms with van der Waals surface area (Å²) in [7, 11) is 0. The van der Waals surface area contributed by atoms with Gasteiger partial charge in [-0.25, -0.2) is 0 Å². The van der Waals surface area contributed by atoms with Crippen molar-refractivity contribution in [2.75, 3.05) is 12.9 Å². The number of rotatable bonds is 5. The van der Waals surface area contributed by atoms with E-state index in [0.29, 0.717) is 5.56 Å². The highest BCUT2D eigenvalue weighted by Crippen LogP contribution is 2.16. The first kappa shape index (κ1) is 14.6. The van der Waals surface area contributed by atoms with Crippen LogP contribution in [0.15, 0.2) is 59.5 Å². The normalized spacial score (nSPS) is 11.9. The van der Waals surface area contributed by atoms with Gasteiger partial charge in [0, 0.05) is 10.5 Å². The number of hydrogen-bond acceptors (Lipinski definition) is 3. The lowest BCUT2D eigenvalue weighted by atomic mass is 10.1. The fourth-order valence-electron chi connectivity index (χ4n) is 1.90. The number of carbonyl (C=O) groups excluding carboxylic acids is 1. The fraction of sp³-hybridized carbons (Fsp3) is 0.188. The summed E-state index contributed by atoms with van der Waals surface area (Å²) in [6, 6.07) is 16.5. The minimum atomic E-state index is -0.385. The number of hydrogen-bond donors (Lipinski definition) is 2. The summed E-state index contributed by atoms with van der Waals surface area (Å²) in [4.78, 5) is 13.3. The average Bonchev–Trinajstić information content (AvgIpc) is 2.53. The third-order valence-corrected chi connectivity index (χ3v) is 3.79. The number of amides is 1. The largest absolute Gasteiger partial charge is 0.394 e. The van der Waals surface area contributed by atoms with E-state index in [4.69, 9.17) is 0 Å². The lowest BCUT2D eigenvalue weighted by molar-refractivity contribution is 0.0916. The highest BCUT2D eigenvalue weighted by molar-refractivity contribution is 7.98. The zero-order valence-corrected chi connectivity index (χ0v) is 12.1. The molecular formula is C16H17NO2S. The maximum Gasteiger partial charge on any atom is 0.251 e. The molecule has 4 heteroatoms. The molecule has 0 aromatic heterocycles. The Morgan fingerprint density at radius 1 is 1.15 bits per heavy atom. The molecule has 20 heavy (non-hydrogen) atoms. The molecule has 2 rings (SSSR count). The molecule has 2 aromatic carbocycles. The number of aliphatic hydroxyl groups is 1. The summed E-state index contributed by atoms with van der Waals surface area (Å²) < 4.78 is 0. The maximum absolute atomic E-state index is 12.2. The van der Waals surface area contributed by atoms with Gasteiger partial charge in [0.25, 0.3) is 5.91 Å². The fourth-order valence-corrected chi connectivity index (χ4v) is 2.31. The van der Waals surface area contributed by atoms with E-state index in [0.717, 1.165) is 10.5 Å². The van der Waals surface area contributed by atoms with Gasteiger partial charge in [-0.05, 0) is 36.1 Å². The van der Waals surface area contributed by atoms with Crippen molar-refractivity contribution >= 4 is 17.7 Å². The molecule has 0 unspecified atom stereocenters. The molecule has 1 atom stereocenters. The van der Waals surface area contributed by atoms with Gasteiger partial charge in [-0.2, -0.15) is 0 Å². The Balaban J connectivity index is 2.09. The topological polar surface area (TPSA) is 49.3 Å². The molecule has 0 fully saturated rings. The minimum absolute atomic E-state index is 0.126. The Morgan fingerprint density at radius 2 is 1.80 bits per heavy atom. The Labute approximate surface area is 123 Å². The van der Waals surface area contributed by atoms with Gasteiger partial charge in [0.05, 0.1) is 12.6 Å².